The van der Waals surface area contributed by atoms with E-state index in [1.165, 1.54) is 51.5 Å². The van der Waals surface area contributed by atoms with Gasteiger partial charge in [0.1, 0.15) is 6.23 Å². The maximum atomic E-state index is 14.1. The van der Waals surface area contributed by atoms with Crippen LogP contribution < -0.4 is 5.32 Å². The Morgan fingerprint density at radius 3 is 2.25 bits per heavy atom. The van der Waals surface area contributed by atoms with Crippen LogP contribution in [0.2, 0.25) is 0 Å². The molecule has 44 heavy (non-hydrogen) atoms. The fraction of sp³-hybridized carbons (Fsp3) is 1.00. The molecule has 7 heteroatoms. The first-order chi connectivity index (χ1) is 21.0. The lowest BCUT2D eigenvalue weighted by Gasteiger charge is -2.55. The molecular formula is C37H63F3N2O2. The molecule has 6 aliphatic rings. The van der Waals surface area contributed by atoms with E-state index < -0.39 is 18.3 Å². The maximum Gasteiger partial charge on any atom is 0.391 e. The van der Waals surface area contributed by atoms with Gasteiger partial charge in [-0.1, -0.05) is 27.2 Å². The number of piperidine rings is 2. The lowest BCUT2D eigenvalue weighted by molar-refractivity contribution is -0.191. The van der Waals surface area contributed by atoms with Crippen molar-refractivity contribution in [2.24, 2.45) is 59.2 Å². The van der Waals surface area contributed by atoms with Crippen molar-refractivity contribution < 1.29 is 23.0 Å². The van der Waals surface area contributed by atoms with Crippen molar-refractivity contribution in [3.63, 3.8) is 0 Å². The molecular weight excluding hydrogens is 561 g/mol. The molecule has 6 fully saturated rings. The minimum absolute atomic E-state index is 0.121. The quantitative estimate of drug-likeness (QED) is 0.279. The highest BCUT2D eigenvalue weighted by Crippen LogP contribution is 2.49. The molecule has 2 N–H and O–H groups in total. The predicted molar refractivity (Wildman–Crippen MR) is 170 cm³/mol. The summed E-state index contributed by atoms with van der Waals surface area (Å²) >= 11 is 0. The maximum absolute atomic E-state index is 14.1. The van der Waals surface area contributed by atoms with Gasteiger partial charge in [-0.05, 0) is 150 Å². The number of hydrogen-bond acceptors (Lipinski definition) is 4. The SMILES string of the molecule is CC1CCC(C2CC(NC(O)C3CCC(C)C(C4C(C)CCC5CCC(CC6CCOCC6)CN54)C3)CC(C(F)(F)F)C2)C1. The second-order valence-electron chi connectivity index (χ2n) is 17.0. The molecule has 0 aromatic carbocycles. The van der Waals surface area contributed by atoms with Gasteiger partial charge in [0.2, 0.25) is 0 Å². The van der Waals surface area contributed by atoms with Crippen molar-refractivity contribution in [3.8, 4) is 0 Å². The Kier molecular flexibility index (Phi) is 11.0. The molecule has 0 radical (unpaired) electrons. The minimum Gasteiger partial charge on any atom is -0.381 e. The van der Waals surface area contributed by atoms with Crippen molar-refractivity contribution in [1.82, 2.24) is 10.2 Å². The van der Waals surface area contributed by atoms with Crippen LogP contribution in [-0.2, 0) is 4.74 Å². The number of alkyl halides is 3. The lowest BCUT2D eigenvalue weighted by atomic mass is 9.65. The third-order valence-electron chi connectivity index (χ3n) is 14.0. The average molecular weight is 625 g/mol. The topological polar surface area (TPSA) is 44.7 Å². The third kappa shape index (κ3) is 7.84. The van der Waals surface area contributed by atoms with Crippen LogP contribution in [0.25, 0.3) is 0 Å². The Hall–Kier alpha value is -0.370. The van der Waals surface area contributed by atoms with Gasteiger partial charge in [-0.25, -0.2) is 0 Å². The van der Waals surface area contributed by atoms with Crippen LogP contribution in [0.5, 0.6) is 0 Å². The Morgan fingerprint density at radius 1 is 0.773 bits per heavy atom. The van der Waals surface area contributed by atoms with E-state index in [-0.39, 0.29) is 30.7 Å². The monoisotopic (exact) mass is 624 g/mol. The van der Waals surface area contributed by atoms with E-state index in [0.717, 1.165) is 70.0 Å². The first-order valence-corrected chi connectivity index (χ1v) is 18.9. The molecule has 6 rings (SSSR count). The van der Waals surface area contributed by atoms with Gasteiger partial charge in [-0.15, -0.1) is 0 Å². The molecule has 0 spiro atoms. The van der Waals surface area contributed by atoms with Gasteiger partial charge in [-0.3, -0.25) is 10.2 Å². The Morgan fingerprint density at radius 2 is 1.52 bits per heavy atom. The highest BCUT2D eigenvalue weighted by atomic mass is 19.4. The number of nitrogens with one attached hydrogen (secondary N) is 1. The van der Waals surface area contributed by atoms with Gasteiger partial charge in [0.05, 0.1) is 5.92 Å². The summed E-state index contributed by atoms with van der Waals surface area (Å²) < 4.78 is 47.9. The summed E-state index contributed by atoms with van der Waals surface area (Å²) in [6.07, 6.45) is 11.8. The average Bonchev–Trinajstić information content (AvgIpc) is 3.44. The van der Waals surface area contributed by atoms with Gasteiger partial charge in [0, 0.05) is 37.9 Å². The molecule has 0 amide bonds. The zero-order valence-corrected chi connectivity index (χ0v) is 28.0. The van der Waals surface area contributed by atoms with Crippen molar-refractivity contribution in [1.29, 1.82) is 0 Å². The van der Waals surface area contributed by atoms with Crippen LogP contribution >= 0.6 is 0 Å². The zero-order valence-electron chi connectivity index (χ0n) is 28.0. The summed E-state index contributed by atoms with van der Waals surface area (Å²) in [4.78, 5) is 2.94. The number of rotatable bonds is 7. The molecule has 254 valence electrons. The summed E-state index contributed by atoms with van der Waals surface area (Å²) in [6.45, 7) is 10.2. The van der Waals surface area contributed by atoms with Crippen LogP contribution in [0, 0.1) is 59.2 Å². The standard InChI is InChI=1S/C37H63F3N2O2/c1-23-4-8-28(16-23)30-18-31(37(38,39)40)21-32(19-30)41-36(43)29-9-5-24(2)34(20-29)35-25(3)6-10-33-11-7-27(22-42(33)35)17-26-12-14-44-15-13-26/h23-36,41,43H,4-22H2,1-3H3. The van der Waals surface area contributed by atoms with Gasteiger partial charge in [0.15, 0.2) is 0 Å². The van der Waals surface area contributed by atoms with E-state index in [1.54, 1.807) is 0 Å². The molecule has 0 aromatic rings. The first-order valence-electron chi connectivity index (χ1n) is 18.9. The van der Waals surface area contributed by atoms with Crippen LogP contribution in [0.15, 0.2) is 0 Å². The number of hydrogen-bond donors (Lipinski definition) is 2. The van der Waals surface area contributed by atoms with Crippen LogP contribution in [0.1, 0.15) is 124 Å². The van der Waals surface area contributed by atoms with E-state index in [2.05, 4.69) is 31.0 Å². The number of aliphatic hydroxyl groups excluding tert-OH is 1. The van der Waals surface area contributed by atoms with Gasteiger partial charge in [0.25, 0.3) is 0 Å². The number of ether oxygens (including phenoxy) is 1. The van der Waals surface area contributed by atoms with Crippen molar-refractivity contribution in [2.45, 2.75) is 154 Å². The van der Waals surface area contributed by atoms with E-state index in [0.29, 0.717) is 41.7 Å². The summed E-state index contributed by atoms with van der Waals surface area (Å²) in [5, 5.41) is 15.1. The van der Waals surface area contributed by atoms with Crippen LogP contribution in [0.3, 0.4) is 0 Å². The second kappa shape index (κ2) is 14.4. The largest absolute Gasteiger partial charge is 0.391 e. The Labute approximate surface area is 266 Å². The summed E-state index contributed by atoms with van der Waals surface area (Å²) in [5.74, 6) is 3.48. The molecule has 3 aliphatic heterocycles. The van der Waals surface area contributed by atoms with Crippen molar-refractivity contribution in [3.05, 3.63) is 0 Å². The minimum atomic E-state index is -4.15. The number of fused-ring (bicyclic) bond motifs is 1. The highest BCUT2D eigenvalue weighted by molar-refractivity contribution is 5.00. The highest BCUT2D eigenvalue weighted by Gasteiger charge is 2.49. The van der Waals surface area contributed by atoms with Crippen molar-refractivity contribution >= 4 is 0 Å². The molecule has 13 unspecified atom stereocenters. The van der Waals surface area contributed by atoms with Crippen molar-refractivity contribution in [2.75, 3.05) is 19.8 Å². The third-order valence-corrected chi connectivity index (χ3v) is 14.0. The van der Waals surface area contributed by atoms with E-state index in [4.69, 9.17) is 4.74 Å². The number of aliphatic hydroxyl groups is 1. The van der Waals surface area contributed by atoms with E-state index >= 15 is 0 Å². The molecule has 3 saturated carbocycles. The summed E-state index contributed by atoms with van der Waals surface area (Å²) in [6, 6.07) is 1.03. The normalized spacial score (nSPS) is 45.6. The smallest absolute Gasteiger partial charge is 0.381 e. The molecule has 0 aromatic heterocycles. The summed E-state index contributed by atoms with van der Waals surface area (Å²) in [5.41, 5.74) is 0. The zero-order chi connectivity index (χ0) is 31.0. The van der Waals surface area contributed by atoms with Crippen LogP contribution in [-0.4, -0.2) is 60.3 Å². The van der Waals surface area contributed by atoms with E-state index in [9.17, 15) is 18.3 Å². The molecule has 0 bridgehead atoms. The molecule has 3 heterocycles. The molecule has 4 nitrogen and oxygen atoms in total. The Balaban J connectivity index is 1.10. The van der Waals surface area contributed by atoms with Gasteiger partial charge in [-0.2, -0.15) is 13.2 Å². The van der Waals surface area contributed by atoms with Gasteiger partial charge >= 0.3 is 6.18 Å². The van der Waals surface area contributed by atoms with Gasteiger partial charge < -0.3 is 9.84 Å². The summed E-state index contributed by atoms with van der Waals surface area (Å²) in [7, 11) is 0. The molecule has 13 atom stereocenters. The second-order valence-corrected chi connectivity index (χ2v) is 17.0. The first kappa shape index (κ1) is 33.5. The number of halogens is 3. The number of nitrogens with zero attached hydrogens (tertiary/aromatic N) is 1. The Bertz CT molecular complexity index is 912. The fourth-order valence-corrected chi connectivity index (χ4v) is 11.4. The molecule has 3 saturated heterocycles. The lowest BCUT2D eigenvalue weighted by Crippen LogP contribution is -2.59. The molecule has 3 aliphatic carbocycles. The fourth-order valence-electron chi connectivity index (χ4n) is 11.4. The van der Waals surface area contributed by atoms with E-state index in [1.807, 2.05) is 0 Å². The van der Waals surface area contributed by atoms with Crippen LogP contribution in [0.4, 0.5) is 13.2 Å². The predicted octanol–water partition coefficient (Wildman–Crippen LogP) is 8.43.